The number of halogens is 1. The van der Waals surface area contributed by atoms with Gasteiger partial charge in [-0.15, -0.1) is 0 Å². The summed E-state index contributed by atoms with van der Waals surface area (Å²) in [7, 11) is -4.00. The van der Waals surface area contributed by atoms with Gasteiger partial charge in [0.2, 0.25) is 5.91 Å². The van der Waals surface area contributed by atoms with Crippen LogP contribution in [0.25, 0.3) is 0 Å². The predicted octanol–water partition coefficient (Wildman–Crippen LogP) is 4.23. The first-order valence-electron chi connectivity index (χ1n) is 8.70. The van der Waals surface area contributed by atoms with Gasteiger partial charge in [-0.05, 0) is 55.5 Å². The number of nitrogens with one attached hydrogen (secondary N) is 2. The standard InChI is InChI=1S/C20H21FN2O3S/c1-14-10-11-16(22-20(24)12-15-6-2-3-7-15)13-19(14)27(25,26)23-18-9-5-4-8-17(18)21/h2,4-6,8-11,13,15,23H,3,7,12H2,1H3,(H,22,24). The number of benzene rings is 2. The SMILES string of the molecule is Cc1ccc(NC(=O)CC2C=CCC2)cc1S(=O)(=O)Nc1ccccc1F. The van der Waals surface area contributed by atoms with E-state index >= 15 is 0 Å². The summed E-state index contributed by atoms with van der Waals surface area (Å²) in [6, 6.07) is 10.2. The molecule has 0 saturated heterocycles. The van der Waals surface area contributed by atoms with Gasteiger partial charge in [-0.2, -0.15) is 0 Å². The van der Waals surface area contributed by atoms with E-state index in [2.05, 4.69) is 16.1 Å². The molecule has 1 amide bonds. The Morgan fingerprint density at radius 3 is 2.70 bits per heavy atom. The molecule has 2 aromatic rings. The van der Waals surface area contributed by atoms with E-state index in [-0.39, 0.29) is 22.4 Å². The monoisotopic (exact) mass is 388 g/mol. The van der Waals surface area contributed by atoms with Crippen molar-refractivity contribution in [3.63, 3.8) is 0 Å². The molecule has 0 heterocycles. The molecule has 0 bridgehead atoms. The Kier molecular flexibility index (Phi) is 5.60. The normalized spacial score (nSPS) is 16.3. The lowest BCUT2D eigenvalue weighted by molar-refractivity contribution is -0.116. The third-order valence-corrected chi connectivity index (χ3v) is 5.95. The summed E-state index contributed by atoms with van der Waals surface area (Å²) in [4.78, 5) is 12.2. The molecular weight excluding hydrogens is 367 g/mol. The molecular formula is C20H21FN2O3S. The van der Waals surface area contributed by atoms with Crippen molar-refractivity contribution in [2.45, 2.75) is 31.1 Å². The number of hydrogen-bond acceptors (Lipinski definition) is 3. The predicted molar refractivity (Wildman–Crippen MR) is 103 cm³/mol. The van der Waals surface area contributed by atoms with Gasteiger partial charge in [0.15, 0.2) is 0 Å². The first-order chi connectivity index (χ1) is 12.8. The Labute approximate surface area is 158 Å². The Balaban J connectivity index is 1.79. The number of hydrogen-bond donors (Lipinski definition) is 2. The summed E-state index contributed by atoms with van der Waals surface area (Å²) in [5.74, 6) is -0.602. The van der Waals surface area contributed by atoms with E-state index in [0.717, 1.165) is 12.8 Å². The van der Waals surface area contributed by atoms with Crippen LogP contribution in [-0.2, 0) is 14.8 Å². The van der Waals surface area contributed by atoms with Gasteiger partial charge in [0, 0.05) is 12.1 Å². The third kappa shape index (κ3) is 4.74. The van der Waals surface area contributed by atoms with Crippen LogP contribution in [0.5, 0.6) is 0 Å². The van der Waals surface area contributed by atoms with Crippen molar-refractivity contribution in [1.29, 1.82) is 0 Å². The molecule has 0 radical (unpaired) electrons. The lowest BCUT2D eigenvalue weighted by Gasteiger charge is -2.14. The van der Waals surface area contributed by atoms with Crippen molar-refractivity contribution in [3.8, 4) is 0 Å². The van der Waals surface area contributed by atoms with Crippen LogP contribution < -0.4 is 10.0 Å². The minimum Gasteiger partial charge on any atom is -0.326 e. The second-order valence-electron chi connectivity index (χ2n) is 6.58. The Bertz CT molecular complexity index is 986. The molecule has 7 heteroatoms. The Morgan fingerprint density at radius 1 is 1.22 bits per heavy atom. The molecule has 0 fully saturated rings. The molecule has 142 valence electrons. The number of carbonyl (C=O) groups excluding carboxylic acids is 1. The van der Waals surface area contributed by atoms with Gasteiger partial charge in [0.1, 0.15) is 5.82 Å². The molecule has 0 aliphatic heterocycles. The molecule has 1 unspecified atom stereocenters. The van der Waals surface area contributed by atoms with Crippen LogP contribution in [-0.4, -0.2) is 14.3 Å². The number of para-hydroxylation sites is 1. The highest BCUT2D eigenvalue weighted by Gasteiger charge is 2.20. The molecule has 1 aliphatic rings. The average Bonchev–Trinajstić information content (AvgIpc) is 3.11. The largest absolute Gasteiger partial charge is 0.326 e. The molecule has 5 nitrogen and oxygen atoms in total. The van der Waals surface area contributed by atoms with Gasteiger partial charge in [0.05, 0.1) is 10.6 Å². The lowest BCUT2D eigenvalue weighted by Crippen LogP contribution is -2.17. The van der Waals surface area contributed by atoms with E-state index in [9.17, 15) is 17.6 Å². The fourth-order valence-electron chi connectivity index (χ4n) is 3.03. The zero-order valence-electron chi connectivity index (χ0n) is 14.9. The number of rotatable bonds is 6. The second kappa shape index (κ2) is 7.92. The summed E-state index contributed by atoms with van der Waals surface area (Å²) in [6.45, 7) is 1.64. The van der Waals surface area contributed by atoms with Crippen molar-refractivity contribution >= 4 is 27.3 Å². The lowest BCUT2D eigenvalue weighted by atomic mass is 10.1. The number of anilines is 2. The van der Waals surface area contributed by atoms with E-state index in [4.69, 9.17) is 0 Å². The summed E-state index contributed by atoms with van der Waals surface area (Å²) < 4.78 is 41.4. The molecule has 2 aromatic carbocycles. The van der Waals surface area contributed by atoms with Crippen molar-refractivity contribution in [2.75, 3.05) is 10.0 Å². The van der Waals surface area contributed by atoms with E-state index in [1.807, 2.05) is 6.08 Å². The average molecular weight is 388 g/mol. The molecule has 2 N–H and O–H groups in total. The molecule has 3 rings (SSSR count). The molecule has 0 saturated carbocycles. The topological polar surface area (TPSA) is 75.3 Å². The van der Waals surface area contributed by atoms with Crippen LogP contribution in [0.3, 0.4) is 0 Å². The zero-order chi connectivity index (χ0) is 19.4. The van der Waals surface area contributed by atoms with E-state index in [1.54, 1.807) is 25.1 Å². The van der Waals surface area contributed by atoms with E-state index in [0.29, 0.717) is 17.7 Å². The number of allylic oxidation sites excluding steroid dienone is 2. The summed E-state index contributed by atoms with van der Waals surface area (Å²) in [5.41, 5.74) is 0.761. The quantitative estimate of drug-likeness (QED) is 0.727. The van der Waals surface area contributed by atoms with E-state index < -0.39 is 15.8 Å². The molecule has 27 heavy (non-hydrogen) atoms. The number of amides is 1. The van der Waals surface area contributed by atoms with Crippen LogP contribution >= 0.6 is 0 Å². The third-order valence-electron chi connectivity index (χ3n) is 4.44. The van der Waals surface area contributed by atoms with Crippen molar-refractivity contribution in [3.05, 3.63) is 66.0 Å². The van der Waals surface area contributed by atoms with Crippen molar-refractivity contribution in [2.24, 2.45) is 5.92 Å². The minimum absolute atomic E-state index is 0.00989. The maximum atomic E-state index is 13.8. The Hall–Kier alpha value is -2.67. The first-order valence-corrected chi connectivity index (χ1v) is 10.2. The molecule has 0 spiro atoms. The highest BCUT2D eigenvalue weighted by Crippen LogP contribution is 2.25. The van der Waals surface area contributed by atoms with Gasteiger partial charge in [-0.1, -0.05) is 30.4 Å². The summed E-state index contributed by atoms with van der Waals surface area (Å²) in [6.07, 6.45) is 6.38. The van der Waals surface area contributed by atoms with Crippen LogP contribution in [0, 0.1) is 18.7 Å². The smallest absolute Gasteiger partial charge is 0.262 e. The fourth-order valence-corrected chi connectivity index (χ4v) is 4.37. The highest BCUT2D eigenvalue weighted by atomic mass is 32.2. The van der Waals surface area contributed by atoms with Crippen molar-refractivity contribution < 1.29 is 17.6 Å². The van der Waals surface area contributed by atoms with Crippen LogP contribution in [0.15, 0.2) is 59.5 Å². The maximum Gasteiger partial charge on any atom is 0.262 e. The summed E-state index contributed by atoms with van der Waals surface area (Å²) in [5, 5.41) is 2.74. The number of aryl methyl sites for hydroxylation is 1. The van der Waals surface area contributed by atoms with Gasteiger partial charge >= 0.3 is 0 Å². The Morgan fingerprint density at radius 2 is 2.00 bits per heavy atom. The second-order valence-corrected chi connectivity index (χ2v) is 8.23. The first kappa shape index (κ1) is 19.1. The fraction of sp³-hybridized carbons (Fsp3) is 0.250. The minimum atomic E-state index is -4.00. The van der Waals surface area contributed by atoms with Crippen LogP contribution in [0.4, 0.5) is 15.8 Å². The summed E-state index contributed by atoms with van der Waals surface area (Å²) >= 11 is 0. The van der Waals surface area contributed by atoms with Gasteiger partial charge < -0.3 is 5.32 Å². The highest BCUT2D eigenvalue weighted by molar-refractivity contribution is 7.92. The number of carbonyl (C=O) groups is 1. The zero-order valence-corrected chi connectivity index (χ0v) is 15.7. The maximum absolute atomic E-state index is 13.8. The number of sulfonamides is 1. The van der Waals surface area contributed by atoms with Gasteiger partial charge in [0.25, 0.3) is 10.0 Å². The van der Waals surface area contributed by atoms with Gasteiger partial charge in [-0.25, -0.2) is 12.8 Å². The molecule has 0 aromatic heterocycles. The van der Waals surface area contributed by atoms with E-state index in [1.165, 1.54) is 24.3 Å². The molecule has 1 atom stereocenters. The van der Waals surface area contributed by atoms with Crippen LogP contribution in [0.2, 0.25) is 0 Å². The van der Waals surface area contributed by atoms with Crippen LogP contribution in [0.1, 0.15) is 24.8 Å². The molecule has 1 aliphatic carbocycles. The van der Waals surface area contributed by atoms with Crippen molar-refractivity contribution in [1.82, 2.24) is 0 Å². The van der Waals surface area contributed by atoms with Gasteiger partial charge in [-0.3, -0.25) is 9.52 Å².